The van der Waals surface area contributed by atoms with Gasteiger partial charge in [-0.1, -0.05) is 19.9 Å². The topological polar surface area (TPSA) is 29.1 Å². The highest BCUT2D eigenvalue weighted by Gasteiger charge is 2.18. The van der Waals surface area contributed by atoms with Crippen molar-refractivity contribution in [1.29, 1.82) is 0 Å². The van der Waals surface area contributed by atoms with Crippen molar-refractivity contribution in [2.75, 3.05) is 6.54 Å². The summed E-state index contributed by atoms with van der Waals surface area (Å²) in [5, 5.41) is 3.21. The first kappa shape index (κ1) is 14.6. The lowest BCUT2D eigenvalue weighted by Gasteiger charge is -2.17. The zero-order valence-electron chi connectivity index (χ0n) is 10.3. The maximum absolute atomic E-state index is 13.5. The zero-order chi connectivity index (χ0) is 13.0. The number of Topliss-reactive ketones (excluding diaryl/α,β-unsaturated/α-hetero) is 1. The standard InChI is InChI=1S/C13H17FINO/c1-8(2)16-7-11(9(3)17)10-4-5-13(15)12(14)6-10/h4-6,8,11,16H,7H2,1-3H3/t11-/m0/s1. The van der Waals surface area contributed by atoms with Crippen molar-refractivity contribution in [3.8, 4) is 0 Å². The number of benzene rings is 1. The average Bonchev–Trinajstić information content (AvgIpc) is 2.22. The van der Waals surface area contributed by atoms with E-state index in [-0.39, 0.29) is 17.5 Å². The van der Waals surface area contributed by atoms with Crippen molar-refractivity contribution in [3.63, 3.8) is 0 Å². The van der Waals surface area contributed by atoms with Gasteiger partial charge in [0, 0.05) is 16.2 Å². The first-order valence-corrected chi connectivity index (χ1v) is 6.68. The summed E-state index contributed by atoms with van der Waals surface area (Å²) >= 11 is 1.94. The van der Waals surface area contributed by atoms with Crippen LogP contribution in [0, 0.1) is 9.39 Å². The van der Waals surface area contributed by atoms with Crippen molar-refractivity contribution in [2.24, 2.45) is 0 Å². The summed E-state index contributed by atoms with van der Waals surface area (Å²) < 4.78 is 14.0. The highest BCUT2D eigenvalue weighted by atomic mass is 127. The SMILES string of the molecule is CC(=O)[C@H](CNC(C)C)c1ccc(I)c(F)c1. The number of hydrogen-bond acceptors (Lipinski definition) is 2. The van der Waals surface area contributed by atoms with Gasteiger partial charge in [0.15, 0.2) is 0 Å². The summed E-state index contributed by atoms with van der Waals surface area (Å²) in [6, 6.07) is 5.29. The molecule has 94 valence electrons. The maximum Gasteiger partial charge on any atom is 0.138 e. The second-order valence-electron chi connectivity index (χ2n) is 4.40. The number of hydrogen-bond donors (Lipinski definition) is 1. The Labute approximate surface area is 115 Å². The quantitative estimate of drug-likeness (QED) is 0.828. The molecular formula is C13H17FINO. The monoisotopic (exact) mass is 349 g/mol. The molecule has 0 saturated heterocycles. The molecule has 0 aliphatic rings. The van der Waals surface area contributed by atoms with Crippen LogP contribution in [0.15, 0.2) is 18.2 Å². The lowest BCUT2D eigenvalue weighted by atomic mass is 9.95. The van der Waals surface area contributed by atoms with E-state index in [1.807, 2.05) is 42.5 Å². The minimum absolute atomic E-state index is 0.0544. The Hall–Kier alpha value is -0.490. The van der Waals surface area contributed by atoms with E-state index < -0.39 is 0 Å². The molecular weight excluding hydrogens is 332 g/mol. The third-order valence-corrected chi connectivity index (χ3v) is 3.44. The molecule has 1 atom stereocenters. The van der Waals surface area contributed by atoms with E-state index in [0.29, 0.717) is 16.2 Å². The van der Waals surface area contributed by atoms with Gasteiger partial charge in [-0.25, -0.2) is 4.39 Å². The van der Waals surface area contributed by atoms with Crippen molar-refractivity contribution in [3.05, 3.63) is 33.1 Å². The van der Waals surface area contributed by atoms with Crippen LogP contribution in [0.25, 0.3) is 0 Å². The fourth-order valence-electron chi connectivity index (χ4n) is 1.58. The average molecular weight is 349 g/mol. The maximum atomic E-state index is 13.5. The largest absolute Gasteiger partial charge is 0.313 e. The van der Waals surface area contributed by atoms with Crippen molar-refractivity contribution < 1.29 is 9.18 Å². The Morgan fingerprint density at radius 1 is 1.47 bits per heavy atom. The van der Waals surface area contributed by atoms with Gasteiger partial charge in [0.2, 0.25) is 0 Å². The molecule has 1 rings (SSSR count). The second-order valence-corrected chi connectivity index (χ2v) is 5.56. The zero-order valence-corrected chi connectivity index (χ0v) is 12.4. The molecule has 1 N–H and O–H groups in total. The van der Waals surface area contributed by atoms with Crippen LogP contribution in [0.5, 0.6) is 0 Å². The number of nitrogens with one attached hydrogen (secondary N) is 1. The smallest absolute Gasteiger partial charge is 0.138 e. The minimum Gasteiger partial charge on any atom is -0.313 e. The summed E-state index contributed by atoms with van der Waals surface area (Å²) in [7, 11) is 0. The molecule has 2 nitrogen and oxygen atoms in total. The first-order valence-electron chi connectivity index (χ1n) is 5.60. The summed E-state index contributed by atoms with van der Waals surface area (Å²) in [6.07, 6.45) is 0. The fraction of sp³-hybridized carbons (Fsp3) is 0.462. The molecule has 0 radical (unpaired) electrons. The first-order chi connectivity index (χ1) is 7.91. The predicted molar refractivity (Wildman–Crippen MR) is 75.7 cm³/mol. The van der Waals surface area contributed by atoms with E-state index in [2.05, 4.69) is 5.32 Å². The van der Waals surface area contributed by atoms with Crippen molar-refractivity contribution in [2.45, 2.75) is 32.7 Å². The van der Waals surface area contributed by atoms with Gasteiger partial charge in [-0.15, -0.1) is 0 Å². The molecule has 0 aromatic heterocycles. The molecule has 4 heteroatoms. The van der Waals surface area contributed by atoms with Crippen LogP contribution >= 0.6 is 22.6 Å². The van der Waals surface area contributed by atoms with Crippen LogP contribution in [0.4, 0.5) is 4.39 Å². The number of carbonyl (C=O) groups excluding carboxylic acids is 1. The molecule has 1 aromatic rings. The van der Waals surface area contributed by atoms with E-state index in [0.717, 1.165) is 5.56 Å². The van der Waals surface area contributed by atoms with Crippen molar-refractivity contribution in [1.82, 2.24) is 5.32 Å². The molecule has 0 spiro atoms. The normalized spacial score (nSPS) is 12.8. The van der Waals surface area contributed by atoms with Gasteiger partial charge in [0.05, 0.1) is 5.92 Å². The molecule has 0 aliphatic carbocycles. The lowest BCUT2D eigenvalue weighted by molar-refractivity contribution is -0.118. The molecule has 0 amide bonds. The summed E-state index contributed by atoms with van der Waals surface area (Å²) in [4.78, 5) is 11.6. The molecule has 0 heterocycles. The van der Waals surface area contributed by atoms with E-state index in [1.54, 1.807) is 13.0 Å². The van der Waals surface area contributed by atoms with Crippen LogP contribution in [0.1, 0.15) is 32.3 Å². The van der Waals surface area contributed by atoms with E-state index >= 15 is 0 Å². The third kappa shape index (κ3) is 4.35. The number of ketones is 1. The molecule has 0 fully saturated rings. The van der Waals surface area contributed by atoms with Gasteiger partial charge in [0.1, 0.15) is 11.6 Å². The molecule has 0 unspecified atom stereocenters. The fourth-order valence-corrected chi connectivity index (χ4v) is 1.91. The van der Waals surface area contributed by atoms with Gasteiger partial charge in [-0.2, -0.15) is 0 Å². The number of halogens is 2. The Balaban J connectivity index is 2.89. The van der Waals surface area contributed by atoms with Crippen LogP contribution in [0.2, 0.25) is 0 Å². The summed E-state index contributed by atoms with van der Waals surface area (Å²) in [6.45, 7) is 6.13. The third-order valence-electron chi connectivity index (χ3n) is 2.57. The molecule has 0 bridgehead atoms. The van der Waals surface area contributed by atoms with Crippen LogP contribution < -0.4 is 5.32 Å². The highest BCUT2D eigenvalue weighted by molar-refractivity contribution is 14.1. The highest BCUT2D eigenvalue weighted by Crippen LogP contribution is 2.20. The molecule has 0 aliphatic heterocycles. The molecule has 0 saturated carbocycles. The number of carbonyl (C=O) groups is 1. The Bertz CT molecular complexity index is 406. The second kappa shape index (κ2) is 6.44. The van der Waals surface area contributed by atoms with Crippen LogP contribution in [-0.2, 0) is 4.79 Å². The van der Waals surface area contributed by atoms with E-state index in [1.165, 1.54) is 6.07 Å². The Morgan fingerprint density at radius 2 is 2.12 bits per heavy atom. The van der Waals surface area contributed by atoms with Gasteiger partial charge >= 0.3 is 0 Å². The van der Waals surface area contributed by atoms with E-state index in [9.17, 15) is 9.18 Å². The molecule has 1 aromatic carbocycles. The van der Waals surface area contributed by atoms with Crippen LogP contribution in [0.3, 0.4) is 0 Å². The van der Waals surface area contributed by atoms with Crippen LogP contribution in [-0.4, -0.2) is 18.4 Å². The van der Waals surface area contributed by atoms with Crippen molar-refractivity contribution >= 4 is 28.4 Å². The summed E-state index contributed by atoms with van der Waals surface area (Å²) in [5.74, 6) is -0.485. The Morgan fingerprint density at radius 3 is 2.59 bits per heavy atom. The number of rotatable bonds is 5. The van der Waals surface area contributed by atoms with Gasteiger partial charge in [-0.05, 0) is 47.2 Å². The van der Waals surface area contributed by atoms with Gasteiger partial charge in [0.25, 0.3) is 0 Å². The van der Waals surface area contributed by atoms with Gasteiger partial charge in [-0.3, -0.25) is 4.79 Å². The predicted octanol–water partition coefficient (Wildman–Crippen LogP) is 3.10. The minimum atomic E-state index is -0.274. The Kier molecular flexibility index (Phi) is 5.52. The molecule has 17 heavy (non-hydrogen) atoms. The van der Waals surface area contributed by atoms with E-state index in [4.69, 9.17) is 0 Å². The van der Waals surface area contributed by atoms with Gasteiger partial charge < -0.3 is 5.32 Å². The lowest BCUT2D eigenvalue weighted by Crippen LogP contribution is -2.30. The summed E-state index contributed by atoms with van der Waals surface area (Å²) in [5.41, 5.74) is 0.739.